The fourth-order valence-electron chi connectivity index (χ4n) is 2.21. The topological polar surface area (TPSA) is 130 Å². The Morgan fingerprint density at radius 3 is 2.56 bits per heavy atom. The number of benzene rings is 1. The van der Waals surface area contributed by atoms with E-state index < -0.39 is 10.8 Å². The van der Waals surface area contributed by atoms with Crippen molar-refractivity contribution in [3.8, 4) is 0 Å². The number of aromatic amines is 1. The fourth-order valence-corrected chi connectivity index (χ4v) is 2.94. The molecule has 9 nitrogen and oxygen atoms in total. The number of nitrogens with zero attached hydrogens (tertiary/aromatic N) is 2. The number of thiophene rings is 1. The van der Waals surface area contributed by atoms with Crippen LogP contribution in [0.3, 0.4) is 0 Å². The number of hydrogen-bond acceptors (Lipinski definition) is 6. The first kappa shape index (κ1) is 16.6. The Bertz CT molecular complexity index is 948. The minimum atomic E-state index is -0.546. The minimum absolute atomic E-state index is 0.0936. The van der Waals surface area contributed by atoms with Crippen molar-refractivity contribution < 1.29 is 14.5 Å². The predicted octanol–water partition coefficient (Wildman–Crippen LogP) is 1.69. The van der Waals surface area contributed by atoms with Gasteiger partial charge in [-0.2, -0.15) is 5.10 Å². The fraction of sp³-hybridized carbons (Fsp3) is 0.133. The largest absolute Gasteiger partial charge is 0.350 e. The van der Waals surface area contributed by atoms with Gasteiger partial charge in [0.1, 0.15) is 0 Å². The van der Waals surface area contributed by atoms with E-state index in [2.05, 4.69) is 20.8 Å². The third kappa shape index (κ3) is 3.63. The molecule has 1 aromatic carbocycles. The normalized spacial score (nSPS) is 10.6. The lowest BCUT2D eigenvalue weighted by atomic mass is 10.2. The van der Waals surface area contributed by atoms with Gasteiger partial charge in [-0.3, -0.25) is 24.8 Å². The van der Waals surface area contributed by atoms with Gasteiger partial charge in [0.05, 0.1) is 15.3 Å². The van der Waals surface area contributed by atoms with Crippen molar-refractivity contribution in [1.82, 2.24) is 20.8 Å². The zero-order valence-electron chi connectivity index (χ0n) is 12.8. The number of H-pyrrole nitrogens is 1. The van der Waals surface area contributed by atoms with Gasteiger partial charge >= 0.3 is 5.00 Å². The van der Waals surface area contributed by atoms with E-state index in [0.29, 0.717) is 0 Å². The second-order valence-electron chi connectivity index (χ2n) is 5.02. The van der Waals surface area contributed by atoms with E-state index >= 15 is 0 Å². The van der Waals surface area contributed by atoms with E-state index in [1.54, 1.807) is 6.07 Å². The highest BCUT2D eigenvalue weighted by atomic mass is 32.1. The van der Waals surface area contributed by atoms with Gasteiger partial charge in [-0.05, 0) is 12.1 Å². The molecule has 0 aliphatic carbocycles. The molecule has 3 N–H and O–H groups in total. The number of para-hydroxylation sites is 1. The Morgan fingerprint density at radius 2 is 1.84 bits per heavy atom. The lowest BCUT2D eigenvalue weighted by molar-refractivity contribution is -0.380. The molecule has 0 aliphatic rings. The van der Waals surface area contributed by atoms with E-state index in [4.69, 9.17) is 0 Å². The molecule has 25 heavy (non-hydrogen) atoms. The molecule has 3 rings (SSSR count). The van der Waals surface area contributed by atoms with Crippen LogP contribution in [-0.4, -0.2) is 40.0 Å². The lowest BCUT2D eigenvalue weighted by Crippen LogP contribution is -2.34. The molecule has 128 valence electrons. The molecule has 2 amide bonds. The average Bonchev–Trinajstić information content (AvgIpc) is 3.25. The molecule has 2 heterocycles. The zero-order chi connectivity index (χ0) is 17.8. The van der Waals surface area contributed by atoms with Crippen molar-refractivity contribution >= 4 is 39.1 Å². The van der Waals surface area contributed by atoms with Crippen LogP contribution in [0, 0.1) is 10.1 Å². The number of rotatable bonds is 6. The molecule has 0 fully saturated rings. The van der Waals surface area contributed by atoms with Crippen LogP contribution in [0.4, 0.5) is 5.00 Å². The summed E-state index contributed by atoms with van der Waals surface area (Å²) in [5, 5.41) is 23.3. The molecule has 10 heteroatoms. The van der Waals surface area contributed by atoms with E-state index in [9.17, 15) is 19.7 Å². The van der Waals surface area contributed by atoms with Crippen LogP contribution in [0.2, 0.25) is 0 Å². The van der Waals surface area contributed by atoms with Gasteiger partial charge < -0.3 is 10.6 Å². The number of fused-ring (bicyclic) bond motifs is 1. The number of nitro groups is 1. The summed E-state index contributed by atoms with van der Waals surface area (Å²) in [6, 6.07) is 9.94. The Kier molecular flexibility index (Phi) is 4.70. The van der Waals surface area contributed by atoms with Crippen LogP contribution in [0.5, 0.6) is 0 Å². The van der Waals surface area contributed by atoms with Crippen LogP contribution in [0.25, 0.3) is 10.9 Å². The molecule has 0 saturated carbocycles. The Labute approximate surface area is 145 Å². The smallest absolute Gasteiger partial charge is 0.324 e. The highest BCUT2D eigenvalue weighted by Crippen LogP contribution is 2.23. The maximum Gasteiger partial charge on any atom is 0.324 e. The standard InChI is InChI=1S/C15H13N5O4S/c21-14(11-5-6-12(25-11)20(23)24)16-7-8-17-15(22)13-9-3-1-2-4-10(9)18-19-13/h1-6H,7-8H2,(H,16,21)(H,17,22)(H,18,19). The number of hydrogen-bond donors (Lipinski definition) is 3. The summed E-state index contributed by atoms with van der Waals surface area (Å²) < 4.78 is 0. The second-order valence-corrected chi connectivity index (χ2v) is 6.09. The van der Waals surface area contributed by atoms with Crippen LogP contribution in [-0.2, 0) is 0 Å². The first-order valence-corrected chi connectivity index (χ1v) is 8.11. The molecule has 0 atom stereocenters. The highest BCUT2D eigenvalue weighted by Gasteiger charge is 2.16. The van der Waals surface area contributed by atoms with Crippen molar-refractivity contribution in [3.63, 3.8) is 0 Å². The summed E-state index contributed by atoms with van der Waals surface area (Å²) in [6.45, 7) is 0.401. The third-order valence-corrected chi connectivity index (χ3v) is 4.41. The lowest BCUT2D eigenvalue weighted by Gasteiger charge is -2.05. The zero-order valence-corrected chi connectivity index (χ0v) is 13.6. The molecule has 0 spiro atoms. The Morgan fingerprint density at radius 1 is 1.12 bits per heavy atom. The number of carbonyl (C=O) groups is 2. The Balaban J connectivity index is 1.50. The first-order valence-electron chi connectivity index (χ1n) is 7.30. The summed E-state index contributed by atoms with van der Waals surface area (Å²) in [4.78, 5) is 34.3. The summed E-state index contributed by atoms with van der Waals surface area (Å²) >= 11 is 0.800. The van der Waals surface area contributed by atoms with Crippen molar-refractivity contribution in [1.29, 1.82) is 0 Å². The molecule has 0 aliphatic heterocycles. The number of aromatic nitrogens is 2. The van der Waals surface area contributed by atoms with E-state index in [-0.39, 0.29) is 34.6 Å². The summed E-state index contributed by atoms with van der Waals surface area (Å²) in [5.74, 6) is -0.768. The van der Waals surface area contributed by atoms with E-state index in [0.717, 1.165) is 22.2 Å². The van der Waals surface area contributed by atoms with Crippen LogP contribution < -0.4 is 10.6 Å². The van der Waals surface area contributed by atoms with E-state index in [1.807, 2.05) is 18.2 Å². The second kappa shape index (κ2) is 7.09. The Hall–Kier alpha value is -3.27. The summed E-state index contributed by atoms with van der Waals surface area (Å²) in [6.07, 6.45) is 0. The van der Waals surface area contributed by atoms with Gasteiger partial charge in [0, 0.05) is 24.5 Å². The molecule has 3 aromatic rings. The van der Waals surface area contributed by atoms with E-state index in [1.165, 1.54) is 12.1 Å². The monoisotopic (exact) mass is 359 g/mol. The third-order valence-electron chi connectivity index (χ3n) is 3.38. The molecule has 2 aromatic heterocycles. The quantitative estimate of drug-likeness (QED) is 0.350. The summed E-state index contributed by atoms with van der Waals surface area (Å²) in [5.41, 5.74) is 1.05. The average molecular weight is 359 g/mol. The van der Waals surface area contributed by atoms with Gasteiger partial charge in [0.2, 0.25) is 0 Å². The maximum atomic E-state index is 12.1. The molecule has 0 unspecified atom stereocenters. The van der Waals surface area contributed by atoms with Crippen LogP contribution in [0.15, 0.2) is 36.4 Å². The van der Waals surface area contributed by atoms with Crippen molar-refractivity contribution in [2.75, 3.05) is 13.1 Å². The van der Waals surface area contributed by atoms with Crippen molar-refractivity contribution in [2.45, 2.75) is 0 Å². The van der Waals surface area contributed by atoms with Gasteiger partial charge in [0.25, 0.3) is 11.8 Å². The van der Waals surface area contributed by atoms with Gasteiger partial charge in [-0.15, -0.1) is 0 Å². The van der Waals surface area contributed by atoms with Crippen LogP contribution >= 0.6 is 11.3 Å². The van der Waals surface area contributed by atoms with Gasteiger partial charge in [0.15, 0.2) is 5.69 Å². The number of nitrogens with one attached hydrogen (secondary N) is 3. The SMILES string of the molecule is O=C(NCCNC(=O)c1n[nH]c2ccccc12)c1ccc([N+](=O)[O-])s1. The van der Waals surface area contributed by atoms with Gasteiger partial charge in [-0.25, -0.2) is 0 Å². The molecular weight excluding hydrogens is 346 g/mol. The summed E-state index contributed by atoms with van der Waals surface area (Å²) in [7, 11) is 0. The molecule has 0 saturated heterocycles. The molecule has 0 radical (unpaired) electrons. The molecular formula is C15H13N5O4S. The number of carbonyl (C=O) groups excluding carboxylic acids is 2. The maximum absolute atomic E-state index is 12.1. The number of amides is 2. The minimum Gasteiger partial charge on any atom is -0.350 e. The van der Waals surface area contributed by atoms with Crippen molar-refractivity contribution in [2.24, 2.45) is 0 Å². The van der Waals surface area contributed by atoms with Crippen molar-refractivity contribution in [3.05, 3.63) is 57.1 Å². The highest BCUT2D eigenvalue weighted by molar-refractivity contribution is 7.17. The molecule has 0 bridgehead atoms. The van der Waals surface area contributed by atoms with Crippen LogP contribution in [0.1, 0.15) is 20.2 Å². The first-order chi connectivity index (χ1) is 12.1. The van der Waals surface area contributed by atoms with Gasteiger partial charge in [-0.1, -0.05) is 29.5 Å². The predicted molar refractivity (Wildman–Crippen MR) is 91.7 cm³/mol.